The Morgan fingerprint density at radius 2 is 1.72 bits per heavy atom. The summed E-state index contributed by atoms with van der Waals surface area (Å²) in [7, 11) is 0. The molecule has 2 aliphatic rings. The van der Waals surface area contributed by atoms with Crippen LogP contribution in [0.3, 0.4) is 0 Å². The quantitative estimate of drug-likeness (QED) is 0.849. The highest BCUT2D eigenvalue weighted by molar-refractivity contribution is 6.02. The second-order valence-electron chi connectivity index (χ2n) is 7.93. The van der Waals surface area contributed by atoms with Gasteiger partial charge in [-0.1, -0.05) is 31.2 Å². The molecule has 5 heteroatoms. The molecule has 0 aliphatic carbocycles. The number of likely N-dealkylation sites (tertiary alicyclic amines) is 1. The zero-order valence-electron chi connectivity index (χ0n) is 17.1. The molecule has 1 saturated heterocycles. The molecule has 5 nitrogen and oxygen atoms in total. The van der Waals surface area contributed by atoms with Gasteiger partial charge in [0.1, 0.15) is 0 Å². The van der Waals surface area contributed by atoms with Crippen molar-refractivity contribution in [1.29, 1.82) is 0 Å². The van der Waals surface area contributed by atoms with Crippen LogP contribution in [0.2, 0.25) is 0 Å². The second kappa shape index (κ2) is 8.68. The van der Waals surface area contributed by atoms with Crippen molar-refractivity contribution in [2.24, 2.45) is 0 Å². The number of fused-ring (bicyclic) bond motifs is 1. The Balaban J connectivity index is 1.66. The van der Waals surface area contributed by atoms with Crippen LogP contribution >= 0.6 is 0 Å². The molecule has 2 amide bonds. The molecule has 1 N–H and O–H groups in total. The highest BCUT2D eigenvalue weighted by Gasteiger charge is 2.25. The van der Waals surface area contributed by atoms with Crippen LogP contribution in [0.25, 0.3) is 0 Å². The summed E-state index contributed by atoms with van der Waals surface area (Å²) in [6.07, 6.45) is 4.70. The molecule has 2 aromatic carbocycles. The molecule has 0 radical (unpaired) electrons. The Morgan fingerprint density at radius 1 is 0.966 bits per heavy atom. The average Bonchev–Trinajstić information content (AvgIpc) is 2.78. The number of benzene rings is 2. The molecule has 2 heterocycles. The molecule has 152 valence electrons. The number of nitrogens with one attached hydrogen (secondary N) is 1. The molecule has 0 atom stereocenters. The molecule has 0 unspecified atom stereocenters. The third kappa shape index (κ3) is 4.29. The van der Waals surface area contributed by atoms with Crippen molar-refractivity contribution in [1.82, 2.24) is 4.90 Å². The fourth-order valence-electron chi connectivity index (χ4n) is 4.28. The average molecular weight is 392 g/mol. The monoisotopic (exact) mass is 391 g/mol. The Morgan fingerprint density at radius 3 is 2.48 bits per heavy atom. The van der Waals surface area contributed by atoms with E-state index < -0.39 is 0 Å². The summed E-state index contributed by atoms with van der Waals surface area (Å²) in [6, 6.07) is 14.3. The van der Waals surface area contributed by atoms with E-state index in [-0.39, 0.29) is 11.8 Å². The van der Waals surface area contributed by atoms with Gasteiger partial charge in [0.15, 0.2) is 0 Å². The Labute approximate surface area is 172 Å². The van der Waals surface area contributed by atoms with Crippen LogP contribution in [-0.2, 0) is 17.8 Å². The minimum atomic E-state index is -0.0407. The number of nitrogens with zero attached hydrogens (tertiary/aromatic N) is 2. The number of anilines is 2. The van der Waals surface area contributed by atoms with Crippen LogP contribution in [0, 0.1) is 0 Å². The van der Waals surface area contributed by atoms with E-state index in [4.69, 9.17) is 0 Å². The number of hydrogen-bond acceptors (Lipinski definition) is 3. The van der Waals surface area contributed by atoms with Crippen LogP contribution < -0.4 is 10.2 Å². The summed E-state index contributed by atoms with van der Waals surface area (Å²) >= 11 is 0. The molecule has 0 aromatic heterocycles. The van der Waals surface area contributed by atoms with Gasteiger partial charge in [-0.05, 0) is 55.0 Å². The van der Waals surface area contributed by atoms with Gasteiger partial charge in [0.05, 0.1) is 5.56 Å². The van der Waals surface area contributed by atoms with Gasteiger partial charge in [-0.15, -0.1) is 0 Å². The van der Waals surface area contributed by atoms with E-state index in [1.807, 2.05) is 30.0 Å². The summed E-state index contributed by atoms with van der Waals surface area (Å²) in [6.45, 7) is 5.14. The van der Waals surface area contributed by atoms with Crippen molar-refractivity contribution in [3.05, 3.63) is 59.2 Å². The number of rotatable bonds is 4. The van der Waals surface area contributed by atoms with Gasteiger partial charge in [-0.2, -0.15) is 0 Å². The van der Waals surface area contributed by atoms with Gasteiger partial charge < -0.3 is 15.1 Å². The zero-order chi connectivity index (χ0) is 20.2. The van der Waals surface area contributed by atoms with E-state index >= 15 is 0 Å². The first kappa shape index (κ1) is 19.5. The fraction of sp³-hybridized carbons (Fsp3) is 0.417. The van der Waals surface area contributed by atoms with E-state index in [1.165, 1.54) is 17.5 Å². The Hall–Kier alpha value is -2.82. The minimum absolute atomic E-state index is 0.0407. The molecule has 29 heavy (non-hydrogen) atoms. The van der Waals surface area contributed by atoms with Crippen LogP contribution in [-0.4, -0.2) is 36.3 Å². The van der Waals surface area contributed by atoms with E-state index in [0.717, 1.165) is 51.1 Å². The van der Waals surface area contributed by atoms with Gasteiger partial charge in [0.2, 0.25) is 5.91 Å². The van der Waals surface area contributed by atoms with Gasteiger partial charge in [-0.25, -0.2) is 0 Å². The van der Waals surface area contributed by atoms with E-state index in [9.17, 15) is 9.59 Å². The molecule has 0 saturated carbocycles. The summed E-state index contributed by atoms with van der Waals surface area (Å²) in [4.78, 5) is 29.5. The first-order valence-corrected chi connectivity index (χ1v) is 10.7. The van der Waals surface area contributed by atoms with E-state index in [2.05, 4.69) is 34.5 Å². The Bertz CT molecular complexity index is 903. The lowest BCUT2D eigenvalue weighted by Crippen LogP contribution is -2.38. The van der Waals surface area contributed by atoms with Gasteiger partial charge in [-0.3, -0.25) is 9.59 Å². The van der Waals surface area contributed by atoms with Crippen LogP contribution in [0.15, 0.2) is 42.5 Å². The second-order valence-corrected chi connectivity index (χ2v) is 7.93. The van der Waals surface area contributed by atoms with Crippen LogP contribution in [0.5, 0.6) is 0 Å². The predicted molar refractivity (Wildman–Crippen MR) is 116 cm³/mol. The SMILES string of the molecule is CCC(=O)Nc1ccc(N2CCc3ccccc3C2)c(C(=O)N2CCCCC2)c1. The Kier molecular flexibility index (Phi) is 5.84. The third-order valence-electron chi connectivity index (χ3n) is 5.95. The molecule has 1 fully saturated rings. The molecule has 2 aliphatic heterocycles. The van der Waals surface area contributed by atoms with E-state index in [1.54, 1.807) is 0 Å². The number of carbonyl (C=O) groups is 2. The smallest absolute Gasteiger partial charge is 0.256 e. The molecule has 2 aromatic rings. The maximum absolute atomic E-state index is 13.4. The number of piperidine rings is 1. The summed E-state index contributed by atoms with van der Waals surface area (Å²) in [5.41, 5.74) is 5.06. The molecular formula is C24H29N3O2. The highest BCUT2D eigenvalue weighted by atomic mass is 16.2. The van der Waals surface area contributed by atoms with Gasteiger partial charge >= 0.3 is 0 Å². The van der Waals surface area contributed by atoms with E-state index in [0.29, 0.717) is 17.7 Å². The molecule has 4 rings (SSSR count). The van der Waals surface area contributed by atoms with Crippen molar-refractivity contribution in [2.75, 3.05) is 29.9 Å². The standard InChI is InChI=1S/C24H29N3O2/c1-2-23(28)25-20-10-11-22(21(16-20)24(29)26-13-6-3-7-14-26)27-15-12-18-8-4-5-9-19(18)17-27/h4-5,8-11,16H,2-3,6-7,12-15,17H2,1H3,(H,25,28). The highest BCUT2D eigenvalue weighted by Crippen LogP contribution is 2.31. The predicted octanol–water partition coefficient (Wildman–Crippen LogP) is 4.22. The summed E-state index contributed by atoms with van der Waals surface area (Å²) < 4.78 is 0. The topological polar surface area (TPSA) is 52.7 Å². The number of hydrogen-bond donors (Lipinski definition) is 1. The largest absolute Gasteiger partial charge is 0.366 e. The van der Waals surface area contributed by atoms with Crippen LogP contribution in [0.4, 0.5) is 11.4 Å². The molecule has 0 bridgehead atoms. The maximum Gasteiger partial charge on any atom is 0.256 e. The lowest BCUT2D eigenvalue weighted by atomic mass is 9.98. The first-order valence-electron chi connectivity index (χ1n) is 10.7. The minimum Gasteiger partial charge on any atom is -0.366 e. The molecule has 0 spiro atoms. The number of carbonyl (C=O) groups excluding carboxylic acids is 2. The summed E-state index contributed by atoms with van der Waals surface area (Å²) in [5, 5.41) is 2.91. The lowest BCUT2D eigenvalue weighted by molar-refractivity contribution is -0.115. The van der Waals surface area contributed by atoms with Gasteiger partial charge in [0, 0.05) is 44.0 Å². The lowest BCUT2D eigenvalue weighted by Gasteiger charge is -2.34. The van der Waals surface area contributed by atoms with Crippen molar-refractivity contribution < 1.29 is 9.59 Å². The summed E-state index contributed by atoms with van der Waals surface area (Å²) in [5.74, 6) is 0.0344. The van der Waals surface area contributed by atoms with Crippen molar-refractivity contribution in [2.45, 2.75) is 45.6 Å². The van der Waals surface area contributed by atoms with Crippen molar-refractivity contribution >= 4 is 23.2 Å². The van der Waals surface area contributed by atoms with Crippen molar-refractivity contribution in [3.63, 3.8) is 0 Å². The molecular weight excluding hydrogens is 362 g/mol. The maximum atomic E-state index is 13.4. The first-order chi connectivity index (χ1) is 14.2. The number of amides is 2. The third-order valence-corrected chi connectivity index (χ3v) is 5.95. The van der Waals surface area contributed by atoms with Crippen LogP contribution in [0.1, 0.15) is 54.1 Å². The fourth-order valence-corrected chi connectivity index (χ4v) is 4.28. The zero-order valence-corrected chi connectivity index (χ0v) is 17.1. The van der Waals surface area contributed by atoms with Crippen molar-refractivity contribution in [3.8, 4) is 0 Å². The van der Waals surface area contributed by atoms with Gasteiger partial charge in [0.25, 0.3) is 5.91 Å². The normalized spacial score (nSPS) is 16.3.